The molecule has 0 radical (unpaired) electrons. The Labute approximate surface area is 206 Å². The minimum Gasteiger partial charge on any atom is -0.446 e. The molecule has 5 nitrogen and oxygen atoms in total. The lowest BCUT2D eigenvalue weighted by Gasteiger charge is -2.35. The van der Waals surface area contributed by atoms with Gasteiger partial charge in [-0.2, -0.15) is 5.26 Å². The maximum atomic E-state index is 8.74. The molecule has 6 heteroatoms. The molecule has 0 aromatic rings. The SMILES string of the molecule is C#CC#CC#CC#CC#CC#CC#CC#COCCCOP(OCCC#N)N(C(C)C)C(C)C. The number of nitriles is 1. The van der Waals surface area contributed by atoms with Gasteiger partial charge < -0.3 is 13.8 Å². The van der Waals surface area contributed by atoms with Gasteiger partial charge in [-0.25, -0.2) is 4.67 Å². The molecule has 0 amide bonds. The average Bonchev–Trinajstić information content (AvgIpc) is 2.80. The summed E-state index contributed by atoms with van der Waals surface area (Å²) in [6, 6.07) is 2.60. The summed E-state index contributed by atoms with van der Waals surface area (Å²) in [4.78, 5) is 0. The van der Waals surface area contributed by atoms with Crippen LogP contribution in [0.15, 0.2) is 0 Å². The monoisotopic (exact) mass is 468 g/mol. The van der Waals surface area contributed by atoms with Gasteiger partial charge >= 0.3 is 0 Å². The van der Waals surface area contributed by atoms with Crippen molar-refractivity contribution < 1.29 is 13.8 Å². The van der Waals surface area contributed by atoms with E-state index in [9.17, 15) is 0 Å². The predicted molar refractivity (Wildman–Crippen MR) is 135 cm³/mol. The molecule has 0 heterocycles. The first-order valence-electron chi connectivity index (χ1n) is 10.3. The summed E-state index contributed by atoms with van der Waals surface area (Å²) in [5.74, 6) is 34.5. The lowest BCUT2D eigenvalue weighted by atomic mass is 10.3. The van der Waals surface area contributed by atoms with Crippen molar-refractivity contribution in [2.75, 3.05) is 19.8 Å². The van der Waals surface area contributed by atoms with E-state index < -0.39 is 8.53 Å². The molecule has 0 fully saturated rings. The van der Waals surface area contributed by atoms with Crippen molar-refractivity contribution in [3.63, 3.8) is 0 Å². The van der Waals surface area contributed by atoms with Crippen molar-refractivity contribution in [3.8, 4) is 101 Å². The maximum Gasteiger partial charge on any atom is 0.259 e. The molecule has 0 aliphatic rings. The highest BCUT2D eigenvalue weighted by molar-refractivity contribution is 7.44. The Hall–Kier alpha value is -3.92. The summed E-state index contributed by atoms with van der Waals surface area (Å²) < 4.78 is 19.1. The van der Waals surface area contributed by atoms with Gasteiger partial charge in [0, 0.05) is 59.9 Å². The van der Waals surface area contributed by atoms with Crippen molar-refractivity contribution in [1.82, 2.24) is 4.67 Å². The van der Waals surface area contributed by atoms with Crippen LogP contribution in [0.25, 0.3) is 0 Å². The van der Waals surface area contributed by atoms with E-state index in [2.05, 4.69) is 127 Å². The average molecular weight is 468 g/mol. The predicted octanol–water partition coefficient (Wildman–Crippen LogP) is 3.30. The molecule has 1 unspecified atom stereocenters. The van der Waals surface area contributed by atoms with Gasteiger partial charge in [0.2, 0.25) is 0 Å². The number of terminal acetylenes is 1. The Bertz CT molecular complexity index is 1150. The maximum absolute atomic E-state index is 8.74. The second-order valence-electron chi connectivity index (χ2n) is 6.45. The zero-order valence-electron chi connectivity index (χ0n) is 19.8. The quantitative estimate of drug-likeness (QED) is 0.265. The largest absolute Gasteiger partial charge is 0.446 e. The second kappa shape index (κ2) is 22.3. The molecule has 0 N–H and O–H groups in total. The molecule has 0 aromatic carbocycles. The van der Waals surface area contributed by atoms with Crippen LogP contribution in [-0.4, -0.2) is 36.6 Å². The van der Waals surface area contributed by atoms with Gasteiger partial charge in [-0.3, -0.25) is 0 Å². The third-order valence-corrected chi connectivity index (χ3v) is 5.31. The van der Waals surface area contributed by atoms with Gasteiger partial charge in [0.1, 0.15) is 12.7 Å². The normalized spacial score (nSPS) is 8.97. The van der Waals surface area contributed by atoms with E-state index in [1.54, 1.807) is 0 Å². The van der Waals surface area contributed by atoms with Crippen LogP contribution in [0.2, 0.25) is 0 Å². The van der Waals surface area contributed by atoms with E-state index in [-0.39, 0.29) is 12.1 Å². The van der Waals surface area contributed by atoms with Crippen LogP contribution in [0.4, 0.5) is 0 Å². The van der Waals surface area contributed by atoms with Gasteiger partial charge in [0.15, 0.2) is 0 Å². The smallest absolute Gasteiger partial charge is 0.259 e. The lowest BCUT2D eigenvalue weighted by molar-refractivity contribution is 0.163. The molecule has 0 aromatic heterocycles. The van der Waals surface area contributed by atoms with Crippen molar-refractivity contribution in [1.29, 1.82) is 5.26 Å². The molecule has 1 atom stereocenters. The van der Waals surface area contributed by atoms with Crippen LogP contribution in [0.5, 0.6) is 0 Å². The van der Waals surface area contributed by atoms with Gasteiger partial charge in [0.25, 0.3) is 8.53 Å². The zero-order valence-corrected chi connectivity index (χ0v) is 20.7. The summed E-state index contributed by atoms with van der Waals surface area (Å²) in [7, 11) is -1.24. The fourth-order valence-corrected chi connectivity index (χ4v) is 3.71. The zero-order chi connectivity index (χ0) is 25.3. The third kappa shape index (κ3) is 17.7. The standard InChI is InChI=1S/C28H25N2O3P/c1-6-7-8-9-10-11-12-13-14-15-16-17-18-19-23-31-24-21-26-33-34(32-25-20-22-29)30(27(2)3)28(4)5/h1,27-28H,20-21,24-26H2,2-5H3. The van der Waals surface area contributed by atoms with Crippen molar-refractivity contribution in [2.24, 2.45) is 0 Å². The topological polar surface area (TPSA) is 54.7 Å². The Morgan fingerprint density at radius 3 is 1.65 bits per heavy atom. The summed E-state index contributed by atoms with van der Waals surface area (Å²) in [5.41, 5.74) is 0. The van der Waals surface area contributed by atoms with Crippen LogP contribution >= 0.6 is 8.53 Å². The van der Waals surface area contributed by atoms with Crippen LogP contribution in [0.1, 0.15) is 40.5 Å². The second-order valence-corrected chi connectivity index (χ2v) is 7.91. The molecular formula is C28H25N2O3P. The molecule has 0 rings (SSSR count). The number of ether oxygens (including phenoxy) is 1. The van der Waals surface area contributed by atoms with Crippen molar-refractivity contribution >= 4 is 8.53 Å². The summed E-state index contributed by atoms with van der Waals surface area (Å²) >= 11 is 0. The van der Waals surface area contributed by atoms with E-state index in [4.69, 9.17) is 25.5 Å². The molecule has 170 valence electrons. The molecular weight excluding hydrogens is 443 g/mol. The van der Waals surface area contributed by atoms with Crippen LogP contribution in [0.3, 0.4) is 0 Å². The van der Waals surface area contributed by atoms with Crippen LogP contribution in [0, 0.1) is 107 Å². The Morgan fingerprint density at radius 2 is 1.18 bits per heavy atom. The molecule has 0 aliphatic carbocycles. The fourth-order valence-electron chi connectivity index (χ4n) is 2.08. The van der Waals surface area contributed by atoms with Gasteiger partial charge in [-0.1, -0.05) is 0 Å². The highest BCUT2D eigenvalue weighted by Crippen LogP contribution is 2.45. The van der Waals surface area contributed by atoms with E-state index >= 15 is 0 Å². The molecule has 34 heavy (non-hydrogen) atoms. The molecule has 0 saturated heterocycles. The fraction of sp³-hybridized carbons (Fsp3) is 0.393. The molecule has 0 aliphatic heterocycles. The number of nitrogens with zero attached hydrogens (tertiary/aromatic N) is 2. The highest BCUT2D eigenvalue weighted by Gasteiger charge is 2.26. The Balaban J connectivity index is 4.36. The minimum atomic E-state index is -1.24. The number of hydrogen-bond acceptors (Lipinski definition) is 5. The first-order chi connectivity index (χ1) is 16.5. The van der Waals surface area contributed by atoms with Gasteiger partial charge in [-0.15, -0.1) is 6.42 Å². The van der Waals surface area contributed by atoms with Gasteiger partial charge in [-0.05, 0) is 69.1 Å². The number of hydrogen-bond donors (Lipinski definition) is 0. The molecule has 0 saturated carbocycles. The Morgan fingerprint density at radius 1 is 0.706 bits per heavy atom. The summed E-state index contributed by atoms with van der Waals surface area (Å²) in [6.07, 6.45) is 8.41. The third-order valence-electron chi connectivity index (χ3n) is 3.20. The van der Waals surface area contributed by atoms with Crippen molar-refractivity contribution in [3.05, 3.63) is 0 Å². The lowest BCUT2D eigenvalue weighted by Crippen LogP contribution is -2.33. The highest BCUT2D eigenvalue weighted by atomic mass is 31.2. The Kier molecular flexibility index (Phi) is 19.7. The van der Waals surface area contributed by atoms with E-state index in [0.29, 0.717) is 32.7 Å². The summed E-state index contributed by atoms with van der Waals surface area (Å²) in [6.45, 7) is 9.56. The van der Waals surface area contributed by atoms with Crippen molar-refractivity contribution in [2.45, 2.75) is 52.6 Å². The van der Waals surface area contributed by atoms with E-state index in [0.717, 1.165) is 0 Å². The van der Waals surface area contributed by atoms with E-state index in [1.165, 1.54) is 0 Å². The number of rotatable bonds is 11. The van der Waals surface area contributed by atoms with Crippen LogP contribution in [-0.2, 0) is 13.8 Å². The van der Waals surface area contributed by atoms with E-state index in [1.807, 2.05) is 0 Å². The minimum absolute atomic E-state index is 0.259. The first kappa shape index (κ1) is 30.1. The molecule has 0 bridgehead atoms. The van der Waals surface area contributed by atoms with Gasteiger partial charge in [0.05, 0.1) is 25.7 Å². The summed E-state index contributed by atoms with van der Waals surface area (Å²) in [5, 5.41) is 8.74. The first-order valence-corrected chi connectivity index (χ1v) is 11.5. The molecule has 0 spiro atoms. The van der Waals surface area contributed by atoms with Crippen LogP contribution < -0.4 is 0 Å².